The van der Waals surface area contributed by atoms with Crippen LogP contribution in [0.2, 0.25) is 0 Å². The van der Waals surface area contributed by atoms with Crippen molar-refractivity contribution in [2.24, 2.45) is 0 Å². The molecule has 1 heterocycles. The normalized spacial score (nSPS) is 14.6. The van der Waals surface area contributed by atoms with Crippen LogP contribution in [0.5, 0.6) is 5.75 Å². The molecule has 1 aliphatic rings. The standard InChI is InChI=1S/C21H27NO2S/c1-2-21(23)22(18-8-3-4-9-18)16-17-7-5-10-19(15-17)24-13-12-20-11-6-14-25-20/h5-7,10-11,14-15,18H,2-4,8-9,12-13,16H2,1H3. The van der Waals surface area contributed by atoms with Gasteiger partial charge in [-0.3, -0.25) is 4.79 Å². The lowest BCUT2D eigenvalue weighted by atomic mass is 10.1. The highest BCUT2D eigenvalue weighted by atomic mass is 32.1. The molecule has 2 aromatic rings. The Kier molecular flexibility index (Phi) is 6.51. The highest BCUT2D eigenvalue weighted by Gasteiger charge is 2.25. The van der Waals surface area contributed by atoms with Crippen LogP contribution in [0.1, 0.15) is 49.5 Å². The van der Waals surface area contributed by atoms with E-state index in [9.17, 15) is 4.79 Å². The topological polar surface area (TPSA) is 29.5 Å². The number of amides is 1. The SMILES string of the molecule is CCC(=O)N(Cc1cccc(OCCc2cccs2)c1)C1CCCC1. The van der Waals surface area contributed by atoms with E-state index in [-0.39, 0.29) is 5.91 Å². The average molecular weight is 358 g/mol. The molecule has 4 heteroatoms. The number of ether oxygens (including phenoxy) is 1. The van der Waals surface area contributed by atoms with Crippen molar-refractivity contribution in [1.82, 2.24) is 4.90 Å². The average Bonchev–Trinajstić information content (AvgIpc) is 3.33. The third kappa shape index (κ3) is 5.08. The summed E-state index contributed by atoms with van der Waals surface area (Å²) in [5.41, 5.74) is 1.15. The Morgan fingerprint density at radius 3 is 2.80 bits per heavy atom. The first-order chi connectivity index (χ1) is 12.3. The second kappa shape index (κ2) is 9.04. The summed E-state index contributed by atoms with van der Waals surface area (Å²) in [6, 6.07) is 12.8. The first-order valence-electron chi connectivity index (χ1n) is 9.30. The second-order valence-corrected chi connectivity index (χ2v) is 7.67. The van der Waals surface area contributed by atoms with E-state index in [1.54, 1.807) is 11.3 Å². The van der Waals surface area contributed by atoms with Crippen molar-refractivity contribution in [3.8, 4) is 5.75 Å². The van der Waals surface area contributed by atoms with Crippen LogP contribution in [0.25, 0.3) is 0 Å². The molecule has 134 valence electrons. The molecule has 1 aromatic heterocycles. The van der Waals surface area contributed by atoms with Crippen LogP contribution in [0, 0.1) is 0 Å². The van der Waals surface area contributed by atoms with E-state index in [1.807, 2.05) is 19.1 Å². The van der Waals surface area contributed by atoms with Gasteiger partial charge in [0, 0.05) is 30.3 Å². The Labute approximate surface area is 154 Å². The Bertz CT molecular complexity index is 662. The van der Waals surface area contributed by atoms with Gasteiger partial charge in [-0.2, -0.15) is 0 Å². The van der Waals surface area contributed by atoms with Gasteiger partial charge in [0.15, 0.2) is 0 Å². The van der Waals surface area contributed by atoms with E-state index < -0.39 is 0 Å². The number of rotatable bonds is 8. The molecule has 0 aliphatic heterocycles. The van der Waals surface area contributed by atoms with Crippen molar-refractivity contribution < 1.29 is 9.53 Å². The molecule has 0 saturated heterocycles. The molecule has 25 heavy (non-hydrogen) atoms. The summed E-state index contributed by atoms with van der Waals surface area (Å²) >= 11 is 1.77. The third-order valence-electron chi connectivity index (χ3n) is 4.84. The predicted octanol–water partition coefficient (Wildman–Crippen LogP) is 5.05. The lowest BCUT2D eigenvalue weighted by Crippen LogP contribution is -2.37. The van der Waals surface area contributed by atoms with Crippen molar-refractivity contribution in [2.75, 3.05) is 6.61 Å². The van der Waals surface area contributed by atoms with Crippen LogP contribution in [0.15, 0.2) is 41.8 Å². The van der Waals surface area contributed by atoms with E-state index in [1.165, 1.54) is 17.7 Å². The van der Waals surface area contributed by atoms with E-state index in [4.69, 9.17) is 4.74 Å². The minimum absolute atomic E-state index is 0.260. The summed E-state index contributed by atoms with van der Waals surface area (Å²) in [4.78, 5) is 15.8. The van der Waals surface area contributed by atoms with Crippen LogP contribution in [-0.4, -0.2) is 23.5 Å². The molecule has 0 spiro atoms. The van der Waals surface area contributed by atoms with Crippen LogP contribution in [0.3, 0.4) is 0 Å². The fourth-order valence-corrected chi connectivity index (χ4v) is 4.18. The molecular weight excluding hydrogens is 330 g/mol. The molecule has 1 fully saturated rings. The van der Waals surface area contributed by atoms with Gasteiger partial charge in [0.2, 0.25) is 5.91 Å². The number of nitrogens with zero attached hydrogens (tertiary/aromatic N) is 1. The summed E-state index contributed by atoms with van der Waals surface area (Å²) in [7, 11) is 0. The quantitative estimate of drug-likeness (QED) is 0.661. The lowest BCUT2D eigenvalue weighted by molar-refractivity contribution is -0.133. The number of carbonyl (C=O) groups excluding carboxylic acids is 1. The second-order valence-electron chi connectivity index (χ2n) is 6.64. The molecule has 1 saturated carbocycles. The summed E-state index contributed by atoms with van der Waals surface area (Å²) in [6.45, 7) is 3.33. The van der Waals surface area contributed by atoms with E-state index >= 15 is 0 Å². The zero-order valence-electron chi connectivity index (χ0n) is 14.9. The predicted molar refractivity (Wildman–Crippen MR) is 103 cm³/mol. The summed E-state index contributed by atoms with van der Waals surface area (Å²) in [5.74, 6) is 1.15. The minimum Gasteiger partial charge on any atom is -0.493 e. The molecule has 1 aliphatic carbocycles. The first-order valence-corrected chi connectivity index (χ1v) is 10.2. The molecule has 1 aromatic carbocycles. The highest BCUT2D eigenvalue weighted by molar-refractivity contribution is 7.09. The summed E-state index contributed by atoms with van der Waals surface area (Å²) < 4.78 is 5.92. The van der Waals surface area contributed by atoms with Gasteiger partial charge >= 0.3 is 0 Å². The fraction of sp³-hybridized carbons (Fsp3) is 0.476. The van der Waals surface area contributed by atoms with Gasteiger partial charge < -0.3 is 9.64 Å². The minimum atomic E-state index is 0.260. The largest absolute Gasteiger partial charge is 0.493 e. The molecule has 1 amide bonds. The summed E-state index contributed by atoms with van der Waals surface area (Å²) in [6.07, 6.45) is 6.28. The van der Waals surface area contributed by atoms with Gasteiger partial charge in [-0.25, -0.2) is 0 Å². The van der Waals surface area contributed by atoms with Gasteiger partial charge in [0.25, 0.3) is 0 Å². The van der Waals surface area contributed by atoms with Crippen molar-refractivity contribution in [3.63, 3.8) is 0 Å². The zero-order valence-corrected chi connectivity index (χ0v) is 15.8. The molecular formula is C21H27NO2S. The lowest BCUT2D eigenvalue weighted by Gasteiger charge is -2.29. The van der Waals surface area contributed by atoms with Crippen LogP contribution in [-0.2, 0) is 17.8 Å². The maximum atomic E-state index is 12.4. The Hall–Kier alpha value is -1.81. The number of hydrogen-bond acceptors (Lipinski definition) is 3. The number of carbonyl (C=O) groups is 1. The number of thiophene rings is 1. The zero-order chi connectivity index (χ0) is 17.5. The van der Waals surface area contributed by atoms with Gasteiger partial charge in [0.05, 0.1) is 6.61 Å². The van der Waals surface area contributed by atoms with Gasteiger partial charge in [-0.15, -0.1) is 11.3 Å². The monoisotopic (exact) mass is 357 g/mol. The fourth-order valence-electron chi connectivity index (χ4n) is 3.49. The third-order valence-corrected chi connectivity index (χ3v) is 5.77. The highest BCUT2D eigenvalue weighted by Crippen LogP contribution is 2.26. The van der Waals surface area contributed by atoms with E-state index in [2.05, 4.69) is 34.5 Å². The summed E-state index contributed by atoms with van der Waals surface area (Å²) in [5, 5.41) is 2.10. The molecule has 3 rings (SSSR count). The first kappa shape index (κ1) is 18.0. The molecule has 0 bridgehead atoms. The number of hydrogen-bond donors (Lipinski definition) is 0. The van der Waals surface area contributed by atoms with Crippen LogP contribution in [0.4, 0.5) is 0 Å². The van der Waals surface area contributed by atoms with Crippen LogP contribution >= 0.6 is 11.3 Å². The number of benzene rings is 1. The molecule has 0 unspecified atom stereocenters. The van der Waals surface area contributed by atoms with Crippen molar-refractivity contribution in [2.45, 2.75) is 58.0 Å². The smallest absolute Gasteiger partial charge is 0.222 e. The van der Waals surface area contributed by atoms with Crippen LogP contribution < -0.4 is 4.74 Å². The Morgan fingerprint density at radius 2 is 2.08 bits per heavy atom. The van der Waals surface area contributed by atoms with Gasteiger partial charge in [-0.1, -0.05) is 38.0 Å². The maximum absolute atomic E-state index is 12.4. The molecule has 0 N–H and O–H groups in total. The van der Waals surface area contributed by atoms with E-state index in [0.717, 1.165) is 30.6 Å². The van der Waals surface area contributed by atoms with Gasteiger partial charge in [0.1, 0.15) is 5.75 Å². The van der Waals surface area contributed by atoms with E-state index in [0.29, 0.717) is 25.6 Å². The molecule has 0 radical (unpaired) electrons. The Balaban J connectivity index is 1.60. The molecule has 0 atom stereocenters. The Morgan fingerprint density at radius 1 is 1.24 bits per heavy atom. The maximum Gasteiger partial charge on any atom is 0.222 e. The van der Waals surface area contributed by atoms with Crippen molar-refractivity contribution in [1.29, 1.82) is 0 Å². The van der Waals surface area contributed by atoms with Gasteiger partial charge in [-0.05, 0) is 42.0 Å². The van der Waals surface area contributed by atoms with Crippen molar-refractivity contribution >= 4 is 17.2 Å². The molecule has 3 nitrogen and oxygen atoms in total. The van der Waals surface area contributed by atoms with Crippen molar-refractivity contribution in [3.05, 3.63) is 52.2 Å².